The van der Waals surface area contributed by atoms with Crippen molar-refractivity contribution in [2.45, 2.75) is 63.5 Å². The van der Waals surface area contributed by atoms with Crippen LogP contribution in [0.25, 0.3) is 0 Å². The summed E-state index contributed by atoms with van der Waals surface area (Å²) in [6.07, 6.45) is 9.52. The molecule has 1 heterocycles. The number of rotatable bonds is 1. The van der Waals surface area contributed by atoms with Gasteiger partial charge < -0.3 is 5.73 Å². The average Bonchev–Trinajstić information content (AvgIpc) is 2.19. The summed E-state index contributed by atoms with van der Waals surface area (Å²) >= 11 is 0. The lowest BCUT2D eigenvalue weighted by molar-refractivity contribution is 0.0440. The molecule has 1 aliphatic heterocycles. The zero-order valence-corrected chi connectivity index (χ0v) is 9.47. The lowest BCUT2D eigenvalue weighted by Crippen LogP contribution is -2.52. The van der Waals surface area contributed by atoms with Gasteiger partial charge in [-0.25, -0.2) is 0 Å². The van der Waals surface area contributed by atoms with Gasteiger partial charge in [0, 0.05) is 24.7 Å². The molecule has 1 aliphatic carbocycles. The van der Waals surface area contributed by atoms with Crippen molar-refractivity contribution in [3.05, 3.63) is 0 Å². The van der Waals surface area contributed by atoms with E-state index in [0.29, 0.717) is 11.6 Å². The van der Waals surface area contributed by atoms with Crippen LogP contribution in [-0.4, -0.2) is 29.6 Å². The van der Waals surface area contributed by atoms with Crippen LogP contribution in [0.2, 0.25) is 0 Å². The predicted molar refractivity (Wildman–Crippen MR) is 60.3 cm³/mol. The summed E-state index contributed by atoms with van der Waals surface area (Å²) in [5.41, 5.74) is 6.46. The molecule has 2 heteroatoms. The van der Waals surface area contributed by atoms with Crippen molar-refractivity contribution < 1.29 is 0 Å². The molecule has 0 radical (unpaired) electrons. The summed E-state index contributed by atoms with van der Waals surface area (Å²) in [7, 11) is 0. The summed E-state index contributed by atoms with van der Waals surface area (Å²) in [5.74, 6) is 0. The molecule has 82 valence electrons. The van der Waals surface area contributed by atoms with E-state index in [9.17, 15) is 0 Å². The highest BCUT2D eigenvalue weighted by molar-refractivity contribution is 4.91. The van der Waals surface area contributed by atoms with Gasteiger partial charge >= 0.3 is 0 Å². The third kappa shape index (κ3) is 2.12. The largest absolute Gasteiger partial charge is 0.328 e. The topological polar surface area (TPSA) is 29.3 Å². The summed E-state index contributed by atoms with van der Waals surface area (Å²) < 4.78 is 0. The van der Waals surface area contributed by atoms with Gasteiger partial charge in [-0.3, -0.25) is 4.90 Å². The number of nitrogens with two attached hydrogens (primary N) is 1. The average molecular weight is 196 g/mol. The fourth-order valence-corrected chi connectivity index (χ4v) is 3.07. The number of nitrogens with zero attached hydrogens (tertiary/aromatic N) is 1. The van der Waals surface area contributed by atoms with Gasteiger partial charge in [0.25, 0.3) is 0 Å². The summed E-state index contributed by atoms with van der Waals surface area (Å²) in [6.45, 7) is 4.93. The minimum Gasteiger partial charge on any atom is -0.328 e. The normalized spacial score (nSPS) is 30.4. The van der Waals surface area contributed by atoms with Gasteiger partial charge in [-0.15, -0.1) is 0 Å². The highest BCUT2D eigenvalue weighted by Gasteiger charge is 2.34. The molecule has 2 fully saturated rings. The third-order valence-corrected chi connectivity index (χ3v) is 4.23. The van der Waals surface area contributed by atoms with Gasteiger partial charge in [0.1, 0.15) is 0 Å². The molecule has 14 heavy (non-hydrogen) atoms. The molecular weight excluding hydrogens is 172 g/mol. The van der Waals surface area contributed by atoms with Gasteiger partial charge in [0.2, 0.25) is 0 Å². The van der Waals surface area contributed by atoms with Gasteiger partial charge in [0.15, 0.2) is 0 Å². The number of likely N-dealkylation sites (tertiary alicyclic amines) is 1. The van der Waals surface area contributed by atoms with E-state index in [4.69, 9.17) is 5.73 Å². The molecule has 2 N–H and O–H groups in total. The first-order valence-corrected chi connectivity index (χ1v) is 6.21. The third-order valence-electron chi connectivity index (χ3n) is 4.23. The smallest absolute Gasteiger partial charge is 0.0181 e. The molecule has 0 aromatic heterocycles. The Labute approximate surface area is 87.8 Å². The lowest BCUT2D eigenvalue weighted by atomic mass is 9.80. The maximum absolute atomic E-state index is 5.94. The van der Waals surface area contributed by atoms with E-state index >= 15 is 0 Å². The molecule has 2 aliphatic rings. The van der Waals surface area contributed by atoms with Gasteiger partial charge in [-0.05, 0) is 32.6 Å². The Morgan fingerprint density at radius 2 is 1.64 bits per heavy atom. The summed E-state index contributed by atoms with van der Waals surface area (Å²) in [4.78, 5) is 2.70. The van der Waals surface area contributed by atoms with Crippen LogP contribution in [0, 0.1) is 0 Å². The van der Waals surface area contributed by atoms with Gasteiger partial charge in [0.05, 0.1) is 0 Å². The van der Waals surface area contributed by atoms with Crippen LogP contribution in [0.5, 0.6) is 0 Å². The molecule has 0 atom stereocenters. The fraction of sp³-hybridized carbons (Fsp3) is 1.00. The molecule has 0 aromatic rings. The van der Waals surface area contributed by atoms with E-state index in [1.165, 1.54) is 58.0 Å². The van der Waals surface area contributed by atoms with Crippen LogP contribution in [0.1, 0.15) is 51.9 Å². The second kappa shape index (κ2) is 4.19. The van der Waals surface area contributed by atoms with Crippen LogP contribution in [0.15, 0.2) is 0 Å². The van der Waals surface area contributed by atoms with Crippen molar-refractivity contribution in [2.75, 3.05) is 13.1 Å². The second-order valence-electron chi connectivity index (χ2n) is 5.38. The molecule has 0 unspecified atom stereocenters. The van der Waals surface area contributed by atoms with Crippen molar-refractivity contribution in [3.8, 4) is 0 Å². The molecular formula is C12H24N2. The minimum atomic E-state index is 0.471. The SMILES string of the molecule is CC1(N2CCC(N)CC2)CCCCC1. The molecule has 0 bridgehead atoms. The Morgan fingerprint density at radius 3 is 2.21 bits per heavy atom. The molecule has 0 amide bonds. The summed E-state index contributed by atoms with van der Waals surface area (Å²) in [5, 5.41) is 0. The monoisotopic (exact) mass is 196 g/mol. The van der Waals surface area contributed by atoms with Crippen molar-refractivity contribution in [1.82, 2.24) is 4.90 Å². The number of hydrogen-bond acceptors (Lipinski definition) is 2. The highest BCUT2D eigenvalue weighted by atomic mass is 15.2. The molecule has 1 saturated carbocycles. The van der Waals surface area contributed by atoms with Gasteiger partial charge in [-0.2, -0.15) is 0 Å². The Morgan fingerprint density at radius 1 is 1.07 bits per heavy atom. The standard InChI is InChI=1S/C12H24N2/c1-12(7-3-2-4-8-12)14-9-5-11(13)6-10-14/h11H,2-10,13H2,1H3. The van der Waals surface area contributed by atoms with Crippen molar-refractivity contribution in [3.63, 3.8) is 0 Å². The van der Waals surface area contributed by atoms with E-state index in [2.05, 4.69) is 11.8 Å². The molecule has 2 rings (SSSR count). The number of piperidine rings is 1. The van der Waals surface area contributed by atoms with E-state index in [1.807, 2.05) is 0 Å². The minimum absolute atomic E-state index is 0.471. The number of hydrogen-bond donors (Lipinski definition) is 1. The molecule has 0 spiro atoms. The Hall–Kier alpha value is -0.0800. The Kier molecular flexibility index (Phi) is 3.13. The van der Waals surface area contributed by atoms with Crippen LogP contribution in [0.3, 0.4) is 0 Å². The van der Waals surface area contributed by atoms with Crippen molar-refractivity contribution >= 4 is 0 Å². The second-order valence-corrected chi connectivity index (χ2v) is 5.38. The van der Waals surface area contributed by atoms with Gasteiger partial charge in [-0.1, -0.05) is 19.3 Å². The summed E-state index contributed by atoms with van der Waals surface area (Å²) in [6, 6.07) is 0.471. The van der Waals surface area contributed by atoms with E-state index in [-0.39, 0.29) is 0 Å². The zero-order valence-electron chi connectivity index (χ0n) is 9.47. The maximum atomic E-state index is 5.94. The first-order valence-electron chi connectivity index (χ1n) is 6.21. The van der Waals surface area contributed by atoms with Crippen molar-refractivity contribution in [2.24, 2.45) is 5.73 Å². The van der Waals surface area contributed by atoms with Crippen LogP contribution >= 0.6 is 0 Å². The molecule has 1 saturated heterocycles. The van der Waals surface area contributed by atoms with Crippen LogP contribution < -0.4 is 5.73 Å². The fourth-order valence-electron chi connectivity index (χ4n) is 3.07. The zero-order chi connectivity index (χ0) is 10.0. The molecule has 0 aromatic carbocycles. The molecule has 2 nitrogen and oxygen atoms in total. The van der Waals surface area contributed by atoms with E-state index in [0.717, 1.165) is 0 Å². The van der Waals surface area contributed by atoms with E-state index < -0.39 is 0 Å². The predicted octanol–water partition coefficient (Wildman–Crippen LogP) is 2.13. The van der Waals surface area contributed by atoms with Crippen molar-refractivity contribution in [1.29, 1.82) is 0 Å². The van der Waals surface area contributed by atoms with Crippen LogP contribution in [-0.2, 0) is 0 Å². The Bertz CT molecular complexity index is 177. The van der Waals surface area contributed by atoms with E-state index in [1.54, 1.807) is 0 Å². The lowest BCUT2D eigenvalue weighted by Gasteiger charge is -2.46. The maximum Gasteiger partial charge on any atom is 0.0181 e. The van der Waals surface area contributed by atoms with Crippen LogP contribution in [0.4, 0.5) is 0 Å². The first-order chi connectivity index (χ1) is 6.71. The first kappa shape index (κ1) is 10.4. The quantitative estimate of drug-likeness (QED) is 0.696. The Balaban J connectivity index is 1.92. The highest BCUT2D eigenvalue weighted by Crippen LogP contribution is 2.34.